The fourth-order valence-electron chi connectivity index (χ4n) is 2.99. The van der Waals surface area contributed by atoms with Crippen molar-refractivity contribution in [1.29, 1.82) is 0 Å². The number of fused-ring (bicyclic) bond motifs is 1. The third kappa shape index (κ3) is 4.73. The second-order valence-electron chi connectivity index (χ2n) is 6.56. The molecule has 4 aromatic rings. The predicted octanol–water partition coefficient (Wildman–Crippen LogP) is 3.99. The van der Waals surface area contributed by atoms with Crippen molar-refractivity contribution < 1.29 is 18.4 Å². The van der Waals surface area contributed by atoms with Gasteiger partial charge < -0.3 is 18.5 Å². The summed E-state index contributed by atoms with van der Waals surface area (Å²) in [5, 5.41) is 0.784. The summed E-state index contributed by atoms with van der Waals surface area (Å²) < 4.78 is 16.2. The standard InChI is InChI=1S/C23H19NO5/c25-22(16-28-19-10-8-18-9-11-23(26)29-21(18)13-19)24(15-20-7-4-12-27-20)14-17-5-2-1-3-6-17/h1-13H,14-16H2. The van der Waals surface area contributed by atoms with Crippen LogP contribution in [0.4, 0.5) is 0 Å². The van der Waals surface area contributed by atoms with E-state index in [1.54, 1.807) is 41.5 Å². The fourth-order valence-corrected chi connectivity index (χ4v) is 2.99. The van der Waals surface area contributed by atoms with Gasteiger partial charge in [-0.1, -0.05) is 30.3 Å². The normalized spacial score (nSPS) is 10.8. The number of amides is 1. The number of benzene rings is 2. The Hall–Kier alpha value is -3.80. The zero-order valence-corrected chi connectivity index (χ0v) is 15.6. The Balaban J connectivity index is 1.47. The van der Waals surface area contributed by atoms with Gasteiger partial charge in [-0.3, -0.25) is 4.79 Å². The molecule has 1 amide bonds. The van der Waals surface area contributed by atoms with Gasteiger partial charge in [0.15, 0.2) is 6.61 Å². The minimum Gasteiger partial charge on any atom is -0.484 e. The summed E-state index contributed by atoms with van der Waals surface area (Å²) in [5.74, 6) is 0.972. The lowest BCUT2D eigenvalue weighted by Crippen LogP contribution is -2.34. The second-order valence-corrected chi connectivity index (χ2v) is 6.56. The van der Waals surface area contributed by atoms with Crippen LogP contribution in [0.15, 0.2) is 92.7 Å². The molecule has 0 bridgehead atoms. The van der Waals surface area contributed by atoms with Crippen molar-refractivity contribution in [3.63, 3.8) is 0 Å². The van der Waals surface area contributed by atoms with Gasteiger partial charge in [0.25, 0.3) is 5.91 Å². The SMILES string of the molecule is O=C(COc1ccc2ccc(=O)oc2c1)N(Cc1ccccc1)Cc1ccco1. The molecule has 29 heavy (non-hydrogen) atoms. The Labute approximate surface area is 166 Å². The van der Waals surface area contributed by atoms with Crippen molar-refractivity contribution in [1.82, 2.24) is 4.90 Å². The molecule has 0 aliphatic rings. The van der Waals surface area contributed by atoms with Gasteiger partial charge in [-0.25, -0.2) is 4.79 Å². The highest BCUT2D eigenvalue weighted by Crippen LogP contribution is 2.20. The van der Waals surface area contributed by atoms with Crippen molar-refractivity contribution in [2.45, 2.75) is 13.1 Å². The predicted molar refractivity (Wildman–Crippen MR) is 107 cm³/mol. The van der Waals surface area contributed by atoms with Crippen molar-refractivity contribution in [2.24, 2.45) is 0 Å². The van der Waals surface area contributed by atoms with Crippen LogP contribution in [0, 0.1) is 0 Å². The van der Waals surface area contributed by atoms with E-state index >= 15 is 0 Å². The summed E-state index contributed by atoms with van der Waals surface area (Å²) in [6.07, 6.45) is 1.58. The van der Waals surface area contributed by atoms with Crippen molar-refractivity contribution >= 4 is 16.9 Å². The first-order valence-corrected chi connectivity index (χ1v) is 9.18. The molecule has 0 unspecified atom stereocenters. The van der Waals surface area contributed by atoms with Gasteiger partial charge in [-0.15, -0.1) is 0 Å². The molecule has 146 valence electrons. The minimum atomic E-state index is -0.432. The topological polar surface area (TPSA) is 72.9 Å². The van der Waals surface area contributed by atoms with Crippen LogP contribution in [0.25, 0.3) is 11.0 Å². The van der Waals surface area contributed by atoms with E-state index in [4.69, 9.17) is 13.6 Å². The molecule has 4 rings (SSSR count). The van der Waals surface area contributed by atoms with Crippen LogP contribution in [0.5, 0.6) is 5.75 Å². The van der Waals surface area contributed by atoms with Crippen molar-refractivity contribution in [3.8, 4) is 5.75 Å². The largest absolute Gasteiger partial charge is 0.484 e. The summed E-state index contributed by atoms with van der Waals surface area (Å²) in [7, 11) is 0. The van der Waals surface area contributed by atoms with E-state index in [1.807, 2.05) is 36.4 Å². The molecule has 0 radical (unpaired) electrons. The number of carbonyl (C=O) groups is 1. The van der Waals surface area contributed by atoms with Crippen LogP contribution in [0.2, 0.25) is 0 Å². The maximum absolute atomic E-state index is 12.9. The number of carbonyl (C=O) groups excluding carboxylic acids is 1. The number of hydrogen-bond donors (Lipinski definition) is 0. The first kappa shape index (κ1) is 18.6. The quantitative estimate of drug-likeness (QED) is 0.447. The molecule has 6 heteroatoms. The zero-order chi connectivity index (χ0) is 20.1. The van der Waals surface area contributed by atoms with Crippen molar-refractivity contribution in [3.05, 3.63) is 101 Å². The number of rotatable bonds is 7. The number of nitrogens with zero attached hydrogens (tertiary/aromatic N) is 1. The molecule has 0 aliphatic heterocycles. The number of furan rings is 1. The summed E-state index contributed by atoms with van der Waals surface area (Å²) in [6, 6.07) is 21.5. The van der Waals surface area contributed by atoms with Gasteiger partial charge in [-0.2, -0.15) is 0 Å². The average Bonchev–Trinajstić information content (AvgIpc) is 3.25. The van der Waals surface area contributed by atoms with Gasteiger partial charge >= 0.3 is 5.63 Å². The van der Waals surface area contributed by atoms with Crippen LogP contribution in [0.3, 0.4) is 0 Å². The molecule has 2 heterocycles. The fraction of sp³-hybridized carbons (Fsp3) is 0.130. The first-order valence-electron chi connectivity index (χ1n) is 9.18. The van der Waals surface area contributed by atoms with Crippen LogP contribution >= 0.6 is 0 Å². The van der Waals surface area contributed by atoms with E-state index in [0.717, 1.165) is 10.9 Å². The molecule has 0 fully saturated rings. The summed E-state index contributed by atoms with van der Waals surface area (Å²) in [4.78, 5) is 25.9. The lowest BCUT2D eigenvalue weighted by atomic mass is 10.2. The Bertz CT molecular complexity index is 1150. The number of hydrogen-bond acceptors (Lipinski definition) is 5. The van der Waals surface area contributed by atoms with E-state index in [1.165, 1.54) is 6.07 Å². The molecule has 0 atom stereocenters. The van der Waals surface area contributed by atoms with E-state index < -0.39 is 5.63 Å². The van der Waals surface area contributed by atoms with Gasteiger partial charge in [-0.05, 0) is 35.9 Å². The van der Waals surface area contributed by atoms with E-state index in [9.17, 15) is 9.59 Å². The number of ether oxygens (including phenoxy) is 1. The first-order chi connectivity index (χ1) is 14.2. The van der Waals surface area contributed by atoms with Crippen LogP contribution in [-0.2, 0) is 17.9 Å². The van der Waals surface area contributed by atoms with Crippen molar-refractivity contribution in [2.75, 3.05) is 6.61 Å². The summed E-state index contributed by atoms with van der Waals surface area (Å²) >= 11 is 0. The highest BCUT2D eigenvalue weighted by Gasteiger charge is 2.17. The highest BCUT2D eigenvalue weighted by atomic mass is 16.5. The maximum atomic E-state index is 12.9. The zero-order valence-electron chi connectivity index (χ0n) is 15.6. The molecule has 0 spiro atoms. The Kier molecular flexibility index (Phi) is 5.42. The molecule has 0 aliphatic carbocycles. The van der Waals surface area contributed by atoms with Gasteiger partial charge in [0.2, 0.25) is 0 Å². The average molecular weight is 389 g/mol. The molecule has 2 aromatic carbocycles. The molecule has 6 nitrogen and oxygen atoms in total. The van der Waals surface area contributed by atoms with Crippen LogP contribution in [0.1, 0.15) is 11.3 Å². The molecule has 0 saturated carbocycles. The lowest BCUT2D eigenvalue weighted by Gasteiger charge is -2.22. The molecular formula is C23H19NO5. The van der Waals surface area contributed by atoms with Gasteiger partial charge in [0, 0.05) is 24.1 Å². The molecule has 0 N–H and O–H groups in total. The Morgan fingerprint density at radius 2 is 1.76 bits per heavy atom. The van der Waals surface area contributed by atoms with Crippen LogP contribution in [-0.4, -0.2) is 17.4 Å². The summed E-state index contributed by atoms with van der Waals surface area (Å²) in [6.45, 7) is 0.642. The van der Waals surface area contributed by atoms with Gasteiger partial charge in [0.1, 0.15) is 17.1 Å². The Morgan fingerprint density at radius 3 is 2.55 bits per heavy atom. The third-order valence-electron chi connectivity index (χ3n) is 4.45. The van der Waals surface area contributed by atoms with E-state index in [-0.39, 0.29) is 12.5 Å². The Morgan fingerprint density at radius 1 is 0.931 bits per heavy atom. The monoisotopic (exact) mass is 389 g/mol. The van der Waals surface area contributed by atoms with Gasteiger partial charge in [0.05, 0.1) is 12.8 Å². The minimum absolute atomic E-state index is 0.143. The lowest BCUT2D eigenvalue weighted by molar-refractivity contribution is -0.134. The third-order valence-corrected chi connectivity index (χ3v) is 4.45. The second kappa shape index (κ2) is 8.48. The van der Waals surface area contributed by atoms with Crippen LogP contribution < -0.4 is 10.4 Å². The maximum Gasteiger partial charge on any atom is 0.336 e. The molecular weight excluding hydrogens is 370 g/mol. The summed E-state index contributed by atoms with van der Waals surface area (Å²) in [5.41, 5.74) is 0.997. The van der Waals surface area contributed by atoms with E-state index in [2.05, 4.69) is 0 Å². The molecule has 0 saturated heterocycles. The smallest absolute Gasteiger partial charge is 0.336 e. The van der Waals surface area contributed by atoms with E-state index in [0.29, 0.717) is 30.2 Å². The molecule has 2 aromatic heterocycles. The highest BCUT2D eigenvalue weighted by molar-refractivity contribution is 5.79.